The van der Waals surface area contributed by atoms with Crippen LogP contribution in [0, 0.1) is 18.7 Å². The third kappa shape index (κ3) is 5.07. The van der Waals surface area contributed by atoms with E-state index >= 15 is 0 Å². The van der Waals surface area contributed by atoms with Crippen LogP contribution in [0.5, 0.6) is 0 Å². The fraction of sp³-hybridized carbons (Fsp3) is 0.625. The number of halogens is 1. The summed E-state index contributed by atoms with van der Waals surface area (Å²) in [5.74, 6) is 0.860. The summed E-state index contributed by atoms with van der Waals surface area (Å²) in [7, 11) is 0. The first-order valence-electron chi connectivity index (χ1n) is 11.3. The van der Waals surface area contributed by atoms with E-state index in [0.717, 1.165) is 24.6 Å². The summed E-state index contributed by atoms with van der Waals surface area (Å²) < 4.78 is 19.2. The highest BCUT2D eigenvalue weighted by molar-refractivity contribution is 6.01. The van der Waals surface area contributed by atoms with Crippen molar-refractivity contribution in [3.63, 3.8) is 0 Å². The molecule has 0 N–H and O–H groups in total. The molecule has 0 unspecified atom stereocenters. The molecule has 0 saturated carbocycles. The summed E-state index contributed by atoms with van der Waals surface area (Å²) in [5.41, 5.74) is 1.33. The number of hydrogen-bond donors (Lipinski definition) is 0. The van der Waals surface area contributed by atoms with E-state index in [9.17, 15) is 9.18 Å². The molecular formula is C24H33FN2O2. The molecule has 0 spiro atoms. The van der Waals surface area contributed by atoms with E-state index in [4.69, 9.17) is 4.42 Å². The van der Waals surface area contributed by atoms with Crippen molar-refractivity contribution in [1.29, 1.82) is 0 Å². The van der Waals surface area contributed by atoms with Crippen molar-refractivity contribution in [2.24, 2.45) is 5.92 Å². The summed E-state index contributed by atoms with van der Waals surface area (Å²) in [6.07, 6.45) is 9.13. The molecule has 1 aromatic carbocycles. The Morgan fingerprint density at radius 3 is 2.52 bits per heavy atom. The van der Waals surface area contributed by atoms with Gasteiger partial charge in [-0.2, -0.15) is 0 Å². The second-order valence-electron chi connectivity index (χ2n) is 8.88. The van der Waals surface area contributed by atoms with Gasteiger partial charge >= 0.3 is 0 Å². The predicted octanol–water partition coefficient (Wildman–Crippen LogP) is 5.04. The maximum Gasteiger partial charge on any atom is 0.212 e. The van der Waals surface area contributed by atoms with E-state index in [1.807, 2.05) is 6.92 Å². The summed E-state index contributed by atoms with van der Waals surface area (Å²) in [6.45, 7) is 7.96. The fourth-order valence-electron chi connectivity index (χ4n) is 4.89. The molecule has 2 aliphatic rings. The Morgan fingerprint density at radius 1 is 1.07 bits per heavy atom. The molecule has 1 aromatic heterocycles. The second kappa shape index (κ2) is 9.40. The lowest BCUT2D eigenvalue weighted by molar-refractivity contribution is 0.0863. The smallest absolute Gasteiger partial charge is 0.212 e. The Labute approximate surface area is 173 Å². The molecule has 3 heterocycles. The van der Waals surface area contributed by atoms with Gasteiger partial charge in [-0.3, -0.25) is 9.69 Å². The zero-order valence-corrected chi connectivity index (χ0v) is 17.6. The van der Waals surface area contributed by atoms with Crippen LogP contribution in [0.15, 0.2) is 22.6 Å². The number of piperidine rings is 1. The lowest BCUT2D eigenvalue weighted by Gasteiger charge is -2.32. The number of carbonyl (C=O) groups is 1. The maximum absolute atomic E-state index is 13.5. The van der Waals surface area contributed by atoms with Gasteiger partial charge in [0.2, 0.25) is 5.78 Å². The Kier molecular flexibility index (Phi) is 6.66. The molecule has 5 heteroatoms. The standard InChI is InChI=1S/C24H33FN2O2/c1-18-21-16-20(25)6-7-23(21)29-24(18)22(28)17-27-14-9-19(10-15-27)8-13-26-11-4-2-3-5-12-26/h6-7,16,19H,2-5,8-15,17H2,1H3. The SMILES string of the molecule is Cc1c(C(=O)CN2CCC(CCN3CCCCCC3)CC2)oc2ccc(F)cc12. The molecule has 0 aliphatic carbocycles. The van der Waals surface area contributed by atoms with Crippen molar-refractivity contribution >= 4 is 16.8 Å². The summed E-state index contributed by atoms with van der Waals surface area (Å²) in [4.78, 5) is 17.7. The van der Waals surface area contributed by atoms with Crippen LogP contribution in [0.25, 0.3) is 11.0 Å². The molecule has 158 valence electrons. The van der Waals surface area contributed by atoms with Crippen LogP contribution in [0.3, 0.4) is 0 Å². The minimum atomic E-state index is -0.303. The van der Waals surface area contributed by atoms with E-state index in [-0.39, 0.29) is 11.6 Å². The van der Waals surface area contributed by atoms with Gasteiger partial charge in [0.15, 0.2) is 5.76 Å². The Hall–Kier alpha value is -1.72. The van der Waals surface area contributed by atoms with E-state index < -0.39 is 0 Å². The first-order chi connectivity index (χ1) is 14.1. The quantitative estimate of drug-likeness (QED) is 0.637. The van der Waals surface area contributed by atoms with Gasteiger partial charge in [-0.1, -0.05) is 12.8 Å². The molecule has 2 aliphatic heterocycles. The average molecular weight is 401 g/mol. The number of hydrogen-bond acceptors (Lipinski definition) is 4. The molecule has 2 fully saturated rings. The van der Waals surface area contributed by atoms with E-state index in [1.165, 1.54) is 76.7 Å². The molecule has 4 nitrogen and oxygen atoms in total. The molecule has 0 amide bonds. The van der Waals surface area contributed by atoms with Crippen LogP contribution < -0.4 is 0 Å². The van der Waals surface area contributed by atoms with E-state index in [2.05, 4.69) is 9.80 Å². The van der Waals surface area contributed by atoms with Crippen LogP contribution in [-0.2, 0) is 0 Å². The topological polar surface area (TPSA) is 36.7 Å². The number of likely N-dealkylation sites (tertiary alicyclic amines) is 2. The lowest BCUT2D eigenvalue weighted by atomic mass is 9.93. The number of benzene rings is 1. The zero-order chi connectivity index (χ0) is 20.2. The summed E-state index contributed by atoms with van der Waals surface area (Å²) in [5, 5.41) is 0.695. The van der Waals surface area contributed by atoms with Crippen molar-refractivity contribution < 1.29 is 13.6 Å². The van der Waals surface area contributed by atoms with Gasteiger partial charge in [0.05, 0.1) is 6.54 Å². The molecule has 2 saturated heterocycles. The molecule has 4 rings (SSSR count). The van der Waals surface area contributed by atoms with E-state index in [1.54, 1.807) is 6.07 Å². The zero-order valence-electron chi connectivity index (χ0n) is 17.6. The third-order valence-electron chi connectivity index (χ3n) is 6.78. The number of ketones is 1. The summed E-state index contributed by atoms with van der Waals surface area (Å²) >= 11 is 0. The average Bonchev–Trinajstić information content (AvgIpc) is 2.89. The maximum atomic E-state index is 13.5. The lowest BCUT2D eigenvalue weighted by Crippen LogP contribution is -2.38. The Bertz CT molecular complexity index is 831. The highest BCUT2D eigenvalue weighted by Gasteiger charge is 2.24. The van der Waals surface area contributed by atoms with Gasteiger partial charge in [0.25, 0.3) is 0 Å². The normalized spacial score (nSPS) is 20.2. The highest BCUT2D eigenvalue weighted by atomic mass is 19.1. The van der Waals surface area contributed by atoms with Crippen molar-refractivity contribution in [3.05, 3.63) is 35.3 Å². The largest absolute Gasteiger partial charge is 0.453 e. The monoisotopic (exact) mass is 400 g/mol. The van der Waals surface area contributed by atoms with Crippen LogP contribution in [-0.4, -0.2) is 54.9 Å². The first-order valence-corrected chi connectivity index (χ1v) is 11.3. The van der Waals surface area contributed by atoms with Crippen molar-refractivity contribution in [1.82, 2.24) is 9.80 Å². The number of carbonyl (C=O) groups excluding carboxylic acids is 1. The van der Waals surface area contributed by atoms with Crippen molar-refractivity contribution in [2.75, 3.05) is 39.3 Å². The Morgan fingerprint density at radius 2 is 1.79 bits per heavy atom. The van der Waals surface area contributed by atoms with Gasteiger partial charge in [0.1, 0.15) is 11.4 Å². The van der Waals surface area contributed by atoms with Gasteiger partial charge < -0.3 is 9.32 Å². The predicted molar refractivity (Wildman–Crippen MR) is 114 cm³/mol. The minimum Gasteiger partial charge on any atom is -0.453 e. The number of rotatable bonds is 6. The van der Waals surface area contributed by atoms with Crippen molar-refractivity contribution in [3.8, 4) is 0 Å². The van der Waals surface area contributed by atoms with Gasteiger partial charge in [0, 0.05) is 10.9 Å². The second-order valence-corrected chi connectivity index (χ2v) is 8.88. The molecule has 0 atom stereocenters. The van der Waals surface area contributed by atoms with Crippen LogP contribution >= 0.6 is 0 Å². The molecule has 0 bridgehead atoms. The number of furan rings is 1. The molecule has 2 aromatic rings. The van der Waals surface area contributed by atoms with Crippen molar-refractivity contribution in [2.45, 2.75) is 51.9 Å². The number of Topliss-reactive ketones (excluding diaryl/α,β-unsaturated/α-hetero) is 1. The minimum absolute atomic E-state index is 0.00197. The van der Waals surface area contributed by atoms with Gasteiger partial charge in [-0.25, -0.2) is 4.39 Å². The highest BCUT2D eigenvalue weighted by Crippen LogP contribution is 2.27. The van der Waals surface area contributed by atoms with Crippen LogP contribution in [0.1, 0.15) is 61.1 Å². The number of aryl methyl sites for hydroxylation is 1. The van der Waals surface area contributed by atoms with Gasteiger partial charge in [-0.15, -0.1) is 0 Å². The number of fused-ring (bicyclic) bond motifs is 1. The number of nitrogens with zero attached hydrogens (tertiary/aromatic N) is 2. The molecule has 0 radical (unpaired) electrons. The van der Waals surface area contributed by atoms with Gasteiger partial charge in [-0.05, 0) is 95.9 Å². The Balaban J connectivity index is 1.26. The molecular weight excluding hydrogens is 367 g/mol. The van der Waals surface area contributed by atoms with E-state index in [0.29, 0.717) is 23.3 Å². The first kappa shape index (κ1) is 20.5. The third-order valence-corrected chi connectivity index (χ3v) is 6.78. The summed E-state index contributed by atoms with van der Waals surface area (Å²) in [6, 6.07) is 4.42. The fourth-order valence-corrected chi connectivity index (χ4v) is 4.89. The van der Waals surface area contributed by atoms with Crippen LogP contribution in [0.4, 0.5) is 4.39 Å². The molecule has 29 heavy (non-hydrogen) atoms. The van der Waals surface area contributed by atoms with Crippen LogP contribution in [0.2, 0.25) is 0 Å².